The first kappa shape index (κ1) is 12.0. The van der Waals surface area contributed by atoms with Crippen LogP contribution in [0.1, 0.15) is 24.5 Å². The van der Waals surface area contributed by atoms with Crippen molar-refractivity contribution in [1.82, 2.24) is 5.32 Å². The zero-order valence-corrected chi connectivity index (χ0v) is 9.33. The first-order valence-corrected chi connectivity index (χ1v) is 5.27. The number of benzene rings is 1. The molecule has 0 amide bonds. The summed E-state index contributed by atoms with van der Waals surface area (Å²) >= 11 is 0. The van der Waals surface area contributed by atoms with Gasteiger partial charge < -0.3 is 15.5 Å². The van der Waals surface area contributed by atoms with Crippen LogP contribution in [0.25, 0.3) is 0 Å². The SMILES string of the molecule is Cc1ccc(O)c(CNCC[C@H](C)O)c1. The zero-order valence-electron chi connectivity index (χ0n) is 9.33. The third kappa shape index (κ3) is 4.32. The molecular weight excluding hydrogens is 190 g/mol. The molecule has 1 rings (SSSR count). The maximum atomic E-state index is 9.55. The lowest BCUT2D eigenvalue weighted by atomic mass is 10.1. The fourth-order valence-electron chi connectivity index (χ4n) is 1.39. The molecule has 0 fully saturated rings. The molecular formula is C12H19NO2. The van der Waals surface area contributed by atoms with Crippen molar-refractivity contribution in [3.05, 3.63) is 29.3 Å². The zero-order chi connectivity index (χ0) is 11.3. The van der Waals surface area contributed by atoms with Gasteiger partial charge in [-0.05, 0) is 32.9 Å². The Balaban J connectivity index is 2.40. The Morgan fingerprint density at radius 3 is 2.80 bits per heavy atom. The number of phenols is 1. The smallest absolute Gasteiger partial charge is 0.120 e. The molecule has 15 heavy (non-hydrogen) atoms. The van der Waals surface area contributed by atoms with Crippen LogP contribution in [0.5, 0.6) is 5.75 Å². The van der Waals surface area contributed by atoms with Crippen LogP contribution in [0.3, 0.4) is 0 Å². The second-order valence-corrected chi connectivity index (χ2v) is 3.95. The van der Waals surface area contributed by atoms with Crippen LogP contribution >= 0.6 is 0 Å². The van der Waals surface area contributed by atoms with Crippen molar-refractivity contribution in [2.45, 2.75) is 32.9 Å². The quantitative estimate of drug-likeness (QED) is 0.645. The molecule has 0 saturated carbocycles. The van der Waals surface area contributed by atoms with E-state index in [0.717, 1.165) is 24.1 Å². The molecule has 0 aliphatic carbocycles. The highest BCUT2D eigenvalue weighted by molar-refractivity contribution is 5.35. The van der Waals surface area contributed by atoms with Crippen molar-refractivity contribution in [2.24, 2.45) is 0 Å². The minimum Gasteiger partial charge on any atom is -0.508 e. The van der Waals surface area contributed by atoms with E-state index in [9.17, 15) is 5.11 Å². The van der Waals surface area contributed by atoms with Crippen molar-refractivity contribution in [1.29, 1.82) is 0 Å². The fourth-order valence-corrected chi connectivity index (χ4v) is 1.39. The van der Waals surface area contributed by atoms with Crippen molar-refractivity contribution < 1.29 is 10.2 Å². The molecule has 0 saturated heterocycles. The van der Waals surface area contributed by atoms with Crippen molar-refractivity contribution in [3.8, 4) is 5.75 Å². The Labute approximate surface area is 90.8 Å². The van der Waals surface area contributed by atoms with Crippen LogP contribution in [0.2, 0.25) is 0 Å². The van der Waals surface area contributed by atoms with Crippen LogP contribution < -0.4 is 5.32 Å². The first-order chi connectivity index (χ1) is 7.09. The summed E-state index contributed by atoms with van der Waals surface area (Å²) in [7, 11) is 0. The van der Waals surface area contributed by atoms with Crippen molar-refractivity contribution >= 4 is 0 Å². The molecule has 0 unspecified atom stereocenters. The van der Waals surface area contributed by atoms with Gasteiger partial charge in [-0.15, -0.1) is 0 Å². The Morgan fingerprint density at radius 1 is 1.40 bits per heavy atom. The van der Waals surface area contributed by atoms with Crippen LogP contribution in [-0.2, 0) is 6.54 Å². The Morgan fingerprint density at radius 2 is 2.13 bits per heavy atom. The topological polar surface area (TPSA) is 52.5 Å². The fraction of sp³-hybridized carbons (Fsp3) is 0.500. The van der Waals surface area contributed by atoms with Crippen LogP contribution in [0, 0.1) is 6.92 Å². The number of phenolic OH excluding ortho intramolecular Hbond substituents is 1. The lowest BCUT2D eigenvalue weighted by Crippen LogP contribution is -2.18. The number of hydrogen-bond acceptors (Lipinski definition) is 3. The van der Waals surface area contributed by atoms with E-state index in [1.807, 2.05) is 19.1 Å². The van der Waals surface area contributed by atoms with E-state index in [1.54, 1.807) is 13.0 Å². The summed E-state index contributed by atoms with van der Waals surface area (Å²) in [5.74, 6) is 0.324. The molecule has 3 nitrogen and oxygen atoms in total. The molecule has 1 atom stereocenters. The largest absolute Gasteiger partial charge is 0.508 e. The van der Waals surface area contributed by atoms with Crippen LogP contribution in [-0.4, -0.2) is 22.9 Å². The van der Waals surface area contributed by atoms with E-state index in [1.165, 1.54) is 0 Å². The van der Waals surface area contributed by atoms with E-state index < -0.39 is 0 Å². The molecule has 0 aliphatic rings. The number of rotatable bonds is 5. The Kier molecular flexibility index (Phi) is 4.59. The van der Waals surface area contributed by atoms with Crippen molar-refractivity contribution in [3.63, 3.8) is 0 Å². The Hall–Kier alpha value is -1.06. The van der Waals surface area contributed by atoms with Gasteiger partial charge in [-0.1, -0.05) is 17.7 Å². The van der Waals surface area contributed by atoms with Gasteiger partial charge in [0.2, 0.25) is 0 Å². The molecule has 0 aromatic heterocycles. The highest BCUT2D eigenvalue weighted by atomic mass is 16.3. The molecule has 0 radical (unpaired) electrons. The van der Waals surface area contributed by atoms with Gasteiger partial charge in [-0.25, -0.2) is 0 Å². The number of nitrogens with one attached hydrogen (secondary N) is 1. The second-order valence-electron chi connectivity index (χ2n) is 3.95. The van der Waals surface area contributed by atoms with Gasteiger partial charge >= 0.3 is 0 Å². The molecule has 0 heterocycles. The Bertz CT molecular complexity index is 310. The summed E-state index contributed by atoms with van der Waals surface area (Å²) in [4.78, 5) is 0. The highest BCUT2D eigenvalue weighted by Crippen LogP contribution is 2.17. The van der Waals surface area contributed by atoms with Gasteiger partial charge in [0.1, 0.15) is 5.75 Å². The van der Waals surface area contributed by atoms with Crippen LogP contribution in [0.4, 0.5) is 0 Å². The molecule has 3 heteroatoms. The standard InChI is InChI=1S/C12H19NO2/c1-9-3-4-12(15)11(7-9)8-13-6-5-10(2)14/h3-4,7,10,13-15H,5-6,8H2,1-2H3/t10-/m0/s1. The van der Waals surface area contributed by atoms with Gasteiger partial charge in [0.15, 0.2) is 0 Å². The van der Waals surface area contributed by atoms with E-state index in [2.05, 4.69) is 5.32 Å². The normalized spacial score (nSPS) is 12.7. The van der Waals surface area contributed by atoms with E-state index in [-0.39, 0.29) is 6.10 Å². The minimum absolute atomic E-state index is 0.274. The minimum atomic E-state index is -0.274. The van der Waals surface area contributed by atoms with Gasteiger partial charge in [0.05, 0.1) is 6.10 Å². The number of aliphatic hydroxyl groups is 1. The molecule has 84 valence electrons. The molecule has 0 spiro atoms. The van der Waals surface area contributed by atoms with Gasteiger partial charge in [-0.3, -0.25) is 0 Å². The number of aliphatic hydroxyl groups excluding tert-OH is 1. The summed E-state index contributed by atoms with van der Waals surface area (Å²) in [5.41, 5.74) is 2.04. The summed E-state index contributed by atoms with van der Waals surface area (Å²) in [6, 6.07) is 5.56. The van der Waals surface area contributed by atoms with Gasteiger partial charge in [0.25, 0.3) is 0 Å². The van der Waals surface area contributed by atoms with Crippen LogP contribution in [0.15, 0.2) is 18.2 Å². The lowest BCUT2D eigenvalue weighted by molar-refractivity contribution is 0.183. The number of hydrogen-bond donors (Lipinski definition) is 3. The third-order valence-electron chi connectivity index (χ3n) is 2.29. The molecule has 3 N–H and O–H groups in total. The predicted octanol–water partition coefficient (Wildman–Crippen LogP) is 1.56. The first-order valence-electron chi connectivity index (χ1n) is 5.27. The van der Waals surface area contributed by atoms with Crippen molar-refractivity contribution in [2.75, 3.05) is 6.54 Å². The molecule has 0 bridgehead atoms. The monoisotopic (exact) mass is 209 g/mol. The summed E-state index contributed by atoms with van der Waals surface area (Å²) in [6.45, 7) is 5.16. The average molecular weight is 209 g/mol. The number of aromatic hydroxyl groups is 1. The van der Waals surface area contributed by atoms with E-state index in [4.69, 9.17) is 5.11 Å². The van der Waals surface area contributed by atoms with E-state index in [0.29, 0.717) is 12.3 Å². The molecule has 1 aromatic rings. The molecule has 1 aromatic carbocycles. The summed E-state index contributed by atoms with van der Waals surface area (Å²) in [5, 5.41) is 21.8. The number of aryl methyl sites for hydroxylation is 1. The highest BCUT2D eigenvalue weighted by Gasteiger charge is 2.01. The van der Waals surface area contributed by atoms with Gasteiger partial charge in [-0.2, -0.15) is 0 Å². The second kappa shape index (κ2) is 5.73. The summed E-state index contributed by atoms with van der Waals surface area (Å²) < 4.78 is 0. The maximum absolute atomic E-state index is 9.55. The van der Waals surface area contributed by atoms with E-state index >= 15 is 0 Å². The average Bonchev–Trinajstić information content (AvgIpc) is 2.17. The lowest BCUT2D eigenvalue weighted by Gasteiger charge is -2.08. The predicted molar refractivity (Wildman–Crippen MR) is 60.8 cm³/mol. The summed E-state index contributed by atoms with van der Waals surface area (Å²) in [6.07, 6.45) is 0.454. The third-order valence-corrected chi connectivity index (χ3v) is 2.29. The van der Waals surface area contributed by atoms with Gasteiger partial charge in [0, 0.05) is 12.1 Å². The maximum Gasteiger partial charge on any atom is 0.120 e. The molecule has 0 aliphatic heterocycles.